The molecule has 0 bridgehead atoms. The smallest absolute Gasteiger partial charge is 0.364 e. The number of nitrogens with zero attached hydrogens (tertiary/aromatic N) is 4. The maximum Gasteiger partial charge on any atom is 0.364 e. The minimum Gasteiger partial charge on any atom is -0.499 e. The van der Waals surface area contributed by atoms with Crippen molar-refractivity contribution < 1.29 is 34.5 Å². The maximum atomic E-state index is 13.1. The van der Waals surface area contributed by atoms with Gasteiger partial charge in [-0.25, -0.2) is 14.7 Å². The summed E-state index contributed by atoms with van der Waals surface area (Å²) < 4.78 is 1.04. The van der Waals surface area contributed by atoms with E-state index in [2.05, 4.69) is 20.6 Å². The van der Waals surface area contributed by atoms with Crippen molar-refractivity contribution >= 4 is 64.3 Å². The molecule has 5 rings (SSSR count). The van der Waals surface area contributed by atoms with Gasteiger partial charge in [0.1, 0.15) is 22.1 Å². The number of carbonyl (C=O) groups is 4. The zero-order valence-corrected chi connectivity index (χ0v) is 22.2. The summed E-state index contributed by atoms with van der Waals surface area (Å²) in [4.78, 5) is 62.3. The molecule has 14 nitrogen and oxygen atoms in total. The standard InChI is InChI=1S/C22H20N6O8S3/c29-13(7-9-5-6-37-21(9)35)23-16-18(32)27-17(20(33)34)10(8-38-19(16)27)11(1-4-15(30)31)39-14-3-2-12-24-25-22(36)28(12)26-14/h2-3,5-6,11,16,19,35H,1,4,7-8H2,(H,23,29)(H,25,36)(H,30,31)(H,33,34)/t11?,16?,19-/m0/s1. The van der Waals surface area contributed by atoms with Crippen LogP contribution in [-0.4, -0.2) is 86.2 Å². The molecule has 0 saturated carbocycles. The van der Waals surface area contributed by atoms with Gasteiger partial charge in [-0.1, -0.05) is 11.8 Å². The van der Waals surface area contributed by atoms with Gasteiger partial charge in [-0.05, 0) is 35.6 Å². The first-order valence-corrected chi connectivity index (χ1v) is 14.2. The van der Waals surface area contributed by atoms with Crippen LogP contribution in [0.25, 0.3) is 5.65 Å². The lowest BCUT2D eigenvalue weighted by Gasteiger charge is -2.50. The molecule has 2 aliphatic heterocycles. The summed E-state index contributed by atoms with van der Waals surface area (Å²) in [6.45, 7) is 0. The number of carbonyl (C=O) groups excluding carboxylic acids is 2. The molecule has 5 heterocycles. The highest BCUT2D eigenvalue weighted by atomic mass is 32.2. The third kappa shape index (κ3) is 5.24. The fraction of sp³-hybridized carbons (Fsp3) is 0.318. The van der Waals surface area contributed by atoms with Crippen LogP contribution in [-0.2, 0) is 25.6 Å². The van der Waals surface area contributed by atoms with E-state index >= 15 is 0 Å². The summed E-state index contributed by atoms with van der Waals surface area (Å²) in [6, 6.07) is 3.79. The highest BCUT2D eigenvalue weighted by Gasteiger charge is 2.54. The van der Waals surface area contributed by atoms with Gasteiger partial charge in [0.2, 0.25) is 5.91 Å². The lowest BCUT2D eigenvalue weighted by atomic mass is 9.99. The Balaban J connectivity index is 1.39. The van der Waals surface area contributed by atoms with Crippen LogP contribution in [0.3, 0.4) is 0 Å². The molecular weight excluding hydrogens is 572 g/mol. The molecule has 3 atom stereocenters. The highest BCUT2D eigenvalue weighted by Crippen LogP contribution is 2.44. The molecule has 3 aromatic heterocycles. The second kappa shape index (κ2) is 10.7. The lowest BCUT2D eigenvalue weighted by molar-refractivity contribution is -0.150. The van der Waals surface area contributed by atoms with Gasteiger partial charge in [-0.15, -0.1) is 23.1 Å². The summed E-state index contributed by atoms with van der Waals surface area (Å²) >= 11 is 3.42. The van der Waals surface area contributed by atoms with Crippen LogP contribution in [0.5, 0.6) is 5.06 Å². The number of aliphatic carboxylic acids is 2. The molecule has 5 N–H and O–H groups in total. The molecule has 204 valence electrons. The number of β-lactam (4-membered cyclic amide) rings is 1. The van der Waals surface area contributed by atoms with E-state index in [-0.39, 0.29) is 41.4 Å². The van der Waals surface area contributed by atoms with Gasteiger partial charge in [0, 0.05) is 23.0 Å². The number of rotatable bonds is 10. The van der Waals surface area contributed by atoms with E-state index in [0.717, 1.165) is 32.5 Å². The van der Waals surface area contributed by atoms with Gasteiger partial charge in [-0.2, -0.15) is 14.7 Å². The van der Waals surface area contributed by atoms with Crippen molar-refractivity contribution in [1.29, 1.82) is 0 Å². The second-order valence-electron chi connectivity index (χ2n) is 8.57. The number of amides is 2. The van der Waals surface area contributed by atoms with E-state index in [9.17, 15) is 39.3 Å². The van der Waals surface area contributed by atoms with E-state index in [4.69, 9.17) is 0 Å². The summed E-state index contributed by atoms with van der Waals surface area (Å²) in [6.07, 6.45) is -0.351. The van der Waals surface area contributed by atoms with Crippen LogP contribution >= 0.6 is 34.9 Å². The third-order valence-corrected chi connectivity index (χ3v) is 9.44. The van der Waals surface area contributed by atoms with Crippen molar-refractivity contribution in [3.63, 3.8) is 0 Å². The van der Waals surface area contributed by atoms with Crippen LogP contribution in [0, 0.1) is 0 Å². The number of H-pyrrole nitrogens is 1. The second-order valence-corrected chi connectivity index (χ2v) is 11.8. The number of hydrogen-bond acceptors (Lipinski definition) is 11. The molecule has 17 heteroatoms. The minimum absolute atomic E-state index is 0.00989. The topological polar surface area (TPSA) is 207 Å². The quantitative estimate of drug-likeness (QED) is 0.161. The van der Waals surface area contributed by atoms with Gasteiger partial charge in [0.25, 0.3) is 5.91 Å². The third-order valence-electron chi connectivity index (χ3n) is 6.11. The molecule has 0 aliphatic carbocycles. The van der Waals surface area contributed by atoms with Gasteiger partial charge in [0.05, 0.1) is 6.42 Å². The molecule has 2 unspecified atom stereocenters. The Bertz CT molecular complexity index is 1580. The number of nitrogens with one attached hydrogen (secondary N) is 2. The Hall–Kier alpha value is -3.83. The molecule has 0 aromatic carbocycles. The van der Waals surface area contributed by atoms with Gasteiger partial charge in [-0.3, -0.25) is 19.3 Å². The monoisotopic (exact) mass is 592 g/mol. The molecule has 1 saturated heterocycles. The van der Waals surface area contributed by atoms with Crippen LogP contribution in [0.2, 0.25) is 0 Å². The SMILES string of the molecule is O=C(O)CCC(Sc1ccc2n[nH]c(=O)n2n1)C1=C(C(=O)O)N2C(=O)C(NC(=O)Cc3ccsc3O)[C@@H]2SC1. The number of carboxylic acid groups (broad SMARTS) is 2. The number of aromatic amines is 1. The van der Waals surface area contributed by atoms with Gasteiger partial charge in [0.15, 0.2) is 10.7 Å². The molecule has 0 spiro atoms. The Labute approximate surface area is 231 Å². The average molecular weight is 593 g/mol. The molecule has 39 heavy (non-hydrogen) atoms. The van der Waals surface area contributed by atoms with Crippen molar-refractivity contribution in [3.05, 3.63) is 50.9 Å². The molecule has 3 aromatic rings. The predicted octanol–water partition coefficient (Wildman–Crippen LogP) is 0.492. The van der Waals surface area contributed by atoms with Crippen LogP contribution in [0.15, 0.2) is 44.7 Å². The Morgan fingerprint density at radius 1 is 1.23 bits per heavy atom. The zero-order valence-electron chi connectivity index (χ0n) is 19.8. The van der Waals surface area contributed by atoms with Gasteiger partial charge >= 0.3 is 17.6 Å². The summed E-state index contributed by atoms with van der Waals surface area (Å²) in [7, 11) is 0. The van der Waals surface area contributed by atoms with Crippen molar-refractivity contribution in [2.75, 3.05) is 5.75 Å². The van der Waals surface area contributed by atoms with Crippen molar-refractivity contribution in [3.8, 4) is 5.06 Å². The lowest BCUT2D eigenvalue weighted by Crippen LogP contribution is -2.70. The number of aromatic hydroxyl groups is 1. The first-order chi connectivity index (χ1) is 18.6. The number of carboxylic acids is 2. The predicted molar refractivity (Wildman–Crippen MR) is 139 cm³/mol. The number of aromatic nitrogens is 4. The zero-order chi connectivity index (χ0) is 27.8. The van der Waals surface area contributed by atoms with Gasteiger partial charge < -0.3 is 20.6 Å². The van der Waals surface area contributed by atoms with E-state index < -0.39 is 46.1 Å². The molecule has 2 amide bonds. The molecule has 2 aliphatic rings. The van der Waals surface area contributed by atoms with E-state index in [1.807, 2.05) is 0 Å². The molecule has 0 radical (unpaired) electrons. The first kappa shape index (κ1) is 26.8. The summed E-state index contributed by atoms with van der Waals surface area (Å²) in [5.74, 6) is -3.35. The van der Waals surface area contributed by atoms with E-state index in [1.165, 1.54) is 11.8 Å². The first-order valence-electron chi connectivity index (χ1n) is 11.4. The Morgan fingerprint density at radius 2 is 2.03 bits per heavy atom. The summed E-state index contributed by atoms with van der Waals surface area (Å²) in [5.41, 5.74) is 0.228. The van der Waals surface area contributed by atoms with E-state index in [1.54, 1.807) is 23.6 Å². The number of fused-ring (bicyclic) bond motifs is 2. The average Bonchev–Trinajstić information content (AvgIpc) is 3.48. The van der Waals surface area contributed by atoms with E-state index in [0.29, 0.717) is 16.2 Å². The fourth-order valence-electron chi connectivity index (χ4n) is 4.30. The van der Waals surface area contributed by atoms with Crippen molar-refractivity contribution in [1.82, 2.24) is 30.0 Å². The van der Waals surface area contributed by atoms with Crippen LogP contribution in [0.4, 0.5) is 0 Å². The molecule has 1 fully saturated rings. The van der Waals surface area contributed by atoms with Crippen molar-refractivity contribution in [2.24, 2.45) is 0 Å². The van der Waals surface area contributed by atoms with Crippen molar-refractivity contribution in [2.45, 2.75) is 41.0 Å². The van der Waals surface area contributed by atoms with Crippen LogP contribution in [0.1, 0.15) is 18.4 Å². The highest BCUT2D eigenvalue weighted by molar-refractivity contribution is 8.01. The Kier molecular flexibility index (Phi) is 7.37. The minimum atomic E-state index is -1.35. The maximum absolute atomic E-state index is 13.1. The normalized spacial score (nSPS) is 19.5. The van der Waals surface area contributed by atoms with Crippen LogP contribution < -0.4 is 11.0 Å². The summed E-state index contributed by atoms with van der Waals surface area (Å²) in [5, 5.41) is 42.7. The number of hydrogen-bond donors (Lipinski definition) is 5. The number of thiophene rings is 1. The molecular formula is C22H20N6O8S3. The largest absolute Gasteiger partial charge is 0.499 e. The fourth-order valence-corrected chi connectivity index (χ4v) is 7.62. The Morgan fingerprint density at radius 3 is 2.72 bits per heavy atom. The number of thioether (sulfide) groups is 2.